The van der Waals surface area contributed by atoms with E-state index in [0.717, 1.165) is 30.7 Å². The summed E-state index contributed by atoms with van der Waals surface area (Å²) in [6.07, 6.45) is 1.96. The topological polar surface area (TPSA) is 63.5 Å². The number of amides is 1. The van der Waals surface area contributed by atoms with Crippen LogP contribution in [0, 0.1) is 12.7 Å². The number of nitrogens with zero attached hydrogens (tertiary/aromatic N) is 5. The predicted molar refractivity (Wildman–Crippen MR) is 121 cm³/mol. The van der Waals surface area contributed by atoms with E-state index in [1.54, 1.807) is 28.6 Å². The number of hydrogen-bond acceptors (Lipinski definition) is 5. The highest BCUT2D eigenvalue weighted by molar-refractivity contribution is 5.93. The van der Waals surface area contributed by atoms with Crippen LogP contribution in [0.25, 0.3) is 5.69 Å². The van der Waals surface area contributed by atoms with Crippen LogP contribution in [0.15, 0.2) is 48.5 Å². The number of carbonyl (C=O) groups excluding carboxylic acids is 1. The summed E-state index contributed by atoms with van der Waals surface area (Å²) >= 11 is 0. The Labute approximate surface area is 187 Å². The highest BCUT2D eigenvalue weighted by Gasteiger charge is 2.27. The molecule has 168 valence electrons. The van der Waals surface area contributed by atoms with Gasteiger partial charge in [-0.2, -0.15) is 0 Å². The molecule has 32 heavy (non-hydrogen) atoms. The molecule has 4 rings (SSSR count). The molecule has 0 spiro atoms. The number of anilines is 1. The Hall–Kier alpha value is -3.26. The van der Waals surface area contributed by atoms with Crippen molar-refractivity contribution in [1.29, 1.82) is 0 Å². The molecule has 1 aromatic heterocycles. The lowest BCUT2D eigenvalue weighted by Gasteiger charge is -2.25. The second-order valence-electron chi connectivity index (χ2n) is 8.29. The van der Waals surface area contributed by atoms with Gasteiger partial charge in [-0.05, 0) is 61.7 Å². The largest absolute Gasteiger partial charge is 0.378 e. The standard InChI is InChI=1S/C24H28FN5O2/c1-17-23(26-27-30(17)21-12-8-19(25)9-13-21)24(31)29(16-22-5-4-14-32-22)15-18-6-10-20(11-7-18)28(2)3/h6-13,22H,4-5,14-16H2,1-3H3. The lowest BCUT2D eigenvalue weighted by atomic mass is 10.1. The van der Waals surface area contributed by atoms with Crippen molar-refractivity contribution in [3.05, 3.63) is 71.3 Å². The van der Waals surface area contributed by atoms with Gasteiger partial charge in [0.15, 0.2) is 5.69 Å². The van der Waals surface area contributed by atoms with Crippen LogP contribution < -0.4 is 4.90 Å². The summed E-state index contributed by atoms with van der Waals surface area (Å²) in [6, 6.07) is 14.1. The van der Waals surface area contributed by atoms with Gasteiger partial charge in [0.05, 0.1) is 17.5 Å². The Morgan fingerprint density at radius 2 is 1.88 bits per heavy atom. The molecule has 1 saturated heterocycles. The molecule has 2 heterocycles. The molecule has 1 unspecified atom stereocenters. The molecule has 3 aromatic rings. The zero-order valence-electron chi connectivity index (χ0n) is 18.7. The minimum atomic E-state index is -0.328. The van der Waals surface area contributed by atoms with Gasteiger partial charge in [0, 0.05) is 39.5 Å². The van der Waals surface area contributed by atoms with Gasteiger partial charge in [-0.1, -0.05) is 17.3 Å². The minimum Gasteiger partial charge on any atom is -0.378 e. The van der Waals surface area contributed by atoms with E-state index in [1.807, 2.05) is 43.3 Å². The van der Waals surface area contributed by atoms with E-state index in [4.69, 9.17) is 4.74 Å². The first-order valence-electron chi connectivity index (χ1n) is 10.8. The van der Waals surface area contributed by atoms with Crippen LogP contribution in [-0.4, -0.2) is 59.2 Å². The summed E-state index contributed by atoms with van der Waals surface area (Å²) in [5.41, 5.74) is 3.69. The van der Waals surface area contributed by atoms with Crippen molar-refractivity contribution in [3.8, 4) is 5.69 Å². The van der Waals surface area contributed by atoms with Crippen molar-refractivity contribution in [3.63, 3.8) is 0 Å². The van der Waals surface area contributed by atoms with E-state index in [-0.39, 0.29) is 23.5 Å². The van der Waals surface area contributed by atoms with Crippen molar-refractivity contribution in [2.45, 2.75) is 32.4 Å². The highest BCUT2D eigenvalue weighted by atomic mass is 19.1. The summed E-state index contributed by atoms with van der Waals surface area (Å²) in [5.74, 6) is -0.520. The van der Waals surface area contributed by atoms with Gasteiger partial charge in [-0.3, -0.25) is 4.79 Å². The molecule has 0 saturated carbocycles. The van der Waals surface area contributed by atoms with Gasteiger partial charge in [-0.15, -0.1) is 5.10 Å². The average molecular weight is 438 g/mol. The number of hydrogen-bond donors (Lipinski definition) is 0. The number of ether oxygens (including phenoxy) is 1. The number of rotatable bonds is 7. The van der Waals surface area contributed by atoms with E-state index in [2.05, 4.69) is 10.3 Å². The van der Waals surface area contributed by atoms with E-state index in [9.17, 15) is 9.18 Å². The SMILES string of the molecule is Cc1c(C(=O)N(Cc2ccc(N(C)C)cc2)CC2CCCO2)nnn1-c1ccc(F)cc1. The van der Waals surface area contributed by atoms with E-state index >= 15 is 0 Å². The van der Waals surface area contributed by atoms with Crippen LogP contribution in [0.5, 0.6) is 0 Å². The molecule has 1 aliphatic rings. The van der Waals surface area contributed by atoms with Crippen LogP contribution in [0.4, 0.5) is 10.1 Å². The third-order valence-corrected chi connectivity index (χ3v) is 5.73. The zero-order valence-corrected chi connectivity index (χ0v) is 18.7. The smallest absolute Gasteiger partial charge is 0.276 e. The summed E-state index contributed by atoms with van der Waals surface area (Å²) < 4.78 is 20.6. The van der Waals surface area contributed by atoms with Gasteiger partial charge in [0.1, 0.15) is 5.82 Å². The minimum absolute atomic E-state index is 0.0208. The van der Waals surface area contributed by atoms with Gasteiger partial charge in [-0.25, -0.2) is 9.07 Å². The second-order valence-corrected chi connectivity index (χ2v) is 8.29. The van der Waals surface area contributed by atoms with Crippen LogP contribution in [0.3, 0.4) is 0 Å². The molecular weight excluding hydrogens is 409 g/mol. The fourth-order valence-electron chi connectivity index (χ4n) is 3.88. The van der Waals surface area contributed by atoms with Crippen LogP contribution >= 0.6 is 0 Å². The fraction of sp³-hybridized carbons (Fsp3) is 0.375. The summed E-state index contributed by atoms with van der Waals surface area (Å²) in [4.78, 5) is 17.3. The lowest BCUT2D eigenvalue weighted by Crippen LogP contribution is -2.37. The molecule has 0 aliphatic carbocycles. The molecule has 1 atom stereocenters. The van der Waals surface area contributed by atoms with Gasteiger partial charge < -0.3 is 14.5 Å². The van der Waals surface area contributed by atoms with Gasteiger partial charge in [0.2, 0.25) is 0 Å². The molecule has 1 fully saturated rings. The first kappa shape index (κ1) is 22.0. The van der Waals surface area contributed by atoms with Crippen molar-refractivity contribution >= 4 is 11.6 Å². The average Bonchev–Trinajstić information content (AvgIpc) is 3.43. The van der Waals surface area contributed by atoms with E-state index in [1.165, 1.54) is 12.1 Å². The quantitative estimate of drug-likeness (QED) is 0.565. The summed E-state index contributed by atoms with van der Waals surface area (Å²) in [5, 5.41) is 8.32. The molecule has 1 amide bonds. The molecule has 0 bridgehead atoms. The summed E-state index contributed by atoms with van der Waals surface area (Å²) in [7, 11) is 3.99. The maximum atomic E-state index is 13.5. The molecule has 8 heteroatoms. The Bertz CT molecular complexity index is 1060. The van der Waals surface area contributed by atoms with Crippen molar-refractivity contribution in [2.24, 2.45) is 0 Å². The highest BCUT2D eigenvalue weighted by Crippen LogP contribution is 2.20. The Morgan fingerprint density at radius 1 is 1.16 bits per heavy atom. The third-order valence-electron chi connectivity index (χ3n) is 5.73. The monoisotopic (exact) mass is 437 g/mol. The molecule has 2 aromatic carbocycles. The first-order chi connectivity index (χ1) is 15.4. The summed E-state index contributed by atoms with van der Waals surface area (Å²) in [6.45, 7) is 3.48. The van der Waals surface area contributed by atoms with E-state index in [0.29, 0.717) is 24.5 Å². The fourth-order valence-corrected chi connectivity index (χ4v) is 3.88. The number of halogens is 1. The van der Waals surface area contributed by atoms with Crippen molar-refractivity contribution in [2.75, 3.05) is 32.1 Å². The molecule has 1 aliphatic heterocycles. The molecule has 0 radical (unpaired) electrons. The van der Waals surface area contributed by atoms with Crippen LogP contribution in [0.2, 0.25) is 0 Å². The van der Waals surface area contributed by atoms with Crippen molar-refractivity contribution < 1.29 is 13.9 Å². The van der Waals surface area contributed by atoms with E-state index < -0.39 is 0 Å². The predicted octanol–water partition coefficient (Wildman–Crippen LogP) is 3.60. The Morgan fingerprint density at radius 3 is 2.50 bits per heavy atom. The number of aromatic nitrogens is 3. The maximum absolute atomic E-state index is 13.5. The second kappa shape index (κ2) is 9.48. The normalized spacial score (nSPS) is 15.7. The van der Waals surface area contributed by atoms with Crippen LogP contribution in [-0.2, 0) is 11.3 Å². The molecular formula is C24H28FN5O2. The zero-order chi connectivity index (χ0) is 22.7. The van der Waals surface area contributed by atoms with Crippen LogP contribution in [0.1, 0.15) is 34.6 Å². The lowest BCUT2D eigenvalue weighted by molar-refractivity contribution is 0.0502. The van der Waals surface area contributed by atoms with Gasteiger partial charge >= 0.3 is 0 Å². The Balaban J connectivity index is 1.59. The first-order valence-corrected chi connectivity index (χ1v) is 10.8. The third kappa shape index (κ3) is 4.80. The molecule has 7 nitrogen and oxygen atoms in total. The van der Waals surface area contributed by atoms with Gasteiger partial charge in [0.25, 0.3) is 5.91 Å². The van der Waals surface area contributed by atoms with Crippen molar-refractivity contribution in [1.82, 2.24) is 19.9 Å². The number of benzene rings is 2. The molecule has 0 N–H and O–H groups in total. The Kier molecular flexibility index (Phi) is 6.50. The maximum Gasteiger partial charge on any atom is 0.276 e. The number of carbonyl (C=O) groups is 1.